The lowest BCUT2D eigenvalue weighted by Gasteiger charge is -2.20. The van der Waals surface area contributed by atoms with Gasteiger partial charge in [0.05, 0.1) is 13.0 Å². The first kappa shape index (κ1) is 17.3. The normalized spacial score (nSPS) is 21.7. The number of methoxy groups -OCH3 is 1. The summed E-state index contributed by atoms with van der Waals surface area (Å²) in [5, 5.41) is 12.1. The van der Waals surface area contributed by atoms with E-state index >= 15 is 0 Å². The van der Waals surface area contributed by atoms with Gasteiger partial charge >= 0.3 is 5.97 Å². The van der Waals surface area contributed by atoms with Crippen LogP contribution in [0, 0.1) is 5.92 Å². The number of nitrogens with one attached hydrogen (secondary N) is 1. The fraction of sp³-hybridized carbons (Fsp3) is 0.556. The SMILES string of the molecule is CCC(CC(=O)N[C@@H]1CCC[C@@H]1C(=O)O)c1ccc(OC)cc1. The molecular formula is C18H25NO4. The van der Waals surface area contributed by atoms with E-state index in [0.717, 1.165) is 30.6 Å². The number of carboxylic acid groups (broad SMARTS) is 1. The van der Waals surface area contributed by atoms with Crippen molar-refractivity contribution in [2.45, 2.75) is 51.0 Å². The predicted octanol–water partition coefficient (Wildman–Crippen LogP) is 2.95. The van der Waals surface area contributed by atoms with Crippen LogP contribution in [-0.2, 0) is 9.59 Å². The van der Waals surface area contributed by atoms with Crippen molar-refractivity contribution in [2.75, 3.05) is 7.11 Å². The Kier molecular flexibility index (Phi) is 6.02. The van der Waals surface area contributed by atoms with Crippen molar-refractivity contribution < 1.29 is 19.4 Å². The average Bonchev–Trinajstić information content (AvgIpc) is 3.01. The highest BCUT2D eigenvalue weighted by molar-refractivity contribution is 5.79. The van der Waals surface area contributed by atoms with Gasteiger partial charge in [0.1, 0.15) is 5.75 Å². The van der Waals surface area contributed by atoms with Gasteiger partial charge in [0.15, 0.2) is 0 Å². The number of hydrogen-bond donors (Lipinski definition) is 2. The summed E-state index contributed by atoms with van der Waals surface area (Å²) in [5.41, 5.74) is 1.10. The van der Waals surface area contributed by atoms with E-state index in [-0.39, 0.29) is 17.9 Å². The number of hydrogen-bond acceptors (Lipinski definition) is 3. The van der Waals surface area contributed by atoms with Gasteiger partial charge in [0.2, 0.25) is 5.91 Å². The molecule has 0 saturated heterocycles. The second kappa shape index (κ2) is 7.99. The standard InChI is InChI=1S/C18H25NO4/c1-3-12(13-7-9-14(23-2)10-8-13)11-17(20)19-16-6-4-5-15(16)18(21)22/h7-10,12,15-16H,3-6,11H2,1-2H3,(H,19,20)(H,21,22)/t12?,15-,16+/m0/s1. The van der Waals surface area contributed by atoms with Gasteiger partial charge in [-0.25, -0.2) is 0 Å². The lowest BCUT2D eigenvalue weighted by Crippen LogP contribution is -2.40. The molecule has 23 heavy (non-hydrogen) atoms. The summed E-state index contributed by atoms with van der Waals surface area (Å²) in [6, 6.07) is 7.53. The van der Waals surface area contributed by atoms with Gasteiger partial charge in [-0.05, 0) is 42.9 Å². The van der Waals surface area contributed by atoms with E-state index in [1.807, 2.05) is 24.3 Å². The van der Waals surface area contributed by atoms with Crippen molar-refractivity contribution in [1.29, 1.82) is 0 Å². The molecule has 1 aromatic rings. The van der Waals surface area contributed by atoms with Crippen molar-refractivity contribution in [2.24, 2.45) is 5.92 Å². The maximum Gasteiger partial charge on any atom is 0.308 e. The second-order valence-corrected chi connectivity index (χ2v) is 6.13. The number of ether oxygens (including phenoxy) is 1. The van der Waals surface area contributed by atoms with E-state index in [9.17, 15) is 14.7 Å². The Hall–Kier alpha value is -2.04. The molecule has 0 radical (unpaired) electrons. The van der Waals surface area contributed by atoms with Gasteiger partial charge < -0.3 is 15.2 Å². The number of aliphatic carboxylic acids is 1. The van der Waals surface area contributed by atoms with Crippen molar-refractivity contribution in [1.82, 2.24) is 5.32 Å². The number of carboxylic acids is 1. The summed E-state index contributed by atoms with van der Waals surface area (Å²) in [5.74, 6) is -0.394. The molecule has 0 aliphatic heterocycles. The fourth-order valence-electron chi connectivity index (χ4n) is 3.29. The minimum Gasteiger partial charge on any atom is -0.497 e. The third-order valence-electron chi connectivity index (χ3n) is 4.69. The summed E-state index contributed by atoms with van der Waals surface area (Å²) < 4.78 is 5.15. The van der Waals surface area contributed by atoms with Crippen LogP contribution in [0.15, 0.2) is 24.3 Å². The number of benzene rings is 1. The summed E-state index contributed by atoms with van der Waals surface area (Å²) >= 11 is 0. The molecule has 1 amide bonds. The lowest BCUT2D eigenvalue weighted by atomic mass is 9.92. The van der Waals surface area contributed by atoms with Gasteiger partial charge in [0.25, 0.3) is 0 Å². The Morgan fingerprint density at radius 3 is 2.57 bits per heavy atom. The molecule has 3 atom stereocenters. The van der Waals surface area contributed by atoms with Crippen molar-refractivity contribution >= 4 is 11.9 Å². The van der Waals surface area contributed by atoms with Crippen LogP contribution in [-0.4, -0.2) is 30.1 Å². The summed E-state index contributed by atoms with van der Waals surface area (Å²) in [7, 11) is 1.63. The van der Waals surface area contributed by atoms with E-state index in [1.165, 1.54) is 0 Å². The number of rotatable bonds is 7. The Bertz CT molecular complexity index is 540. The van der Waals surface area contributed by atoms with Crippen LogP contribution in [0.25, 0.3) is 0 Å². The largest absolute Gasteiger partial charge is 0.497 e. The van der Waals surface area contributed by atoms with Crippen LogP contribution >= 0.6 is 0 Å². The quantitative estimate of drug-likeness (QED) is 0.810. The van der Waals surface area contributed by atoms with E-state index in [4.69, 9.17) is 4.74 Å². The summed E-state index contributed by atoms with van der Waals surface area (Å²) in [6.45, 7) is 2.05. The molecule has 0 bridgehead atoms. The number of amides is 1. The van der Waals surface area contributed by atoms with Crippen LogP contribution in [0.2, 0.25) is 0 Å². The maximum atomic E-state index is 12.3. The summed E-state index contributed by atoms with van der Waals surface area (Å²) in [6.07, 6.45) is 3.49. The number of carbonyl (C=O) groups excluding carboxylic acids is 1. The summed E-state index contributed by atoms with van der Waals surface area (Å²) in [4.78, 5) is 23.5. The first-order valence-corrected chi connectivity index (χ1v) is 8.21. The molecule has 2 rings (SSSR count). The monoisotopic (exact) mass is 319 g/mol. The highest BCUT2D eigenvalue weighted by Gasteiger charge is 2.34. The third-order valence-corrected chi connectivity index (χ3v) is 4.69. The molecule has 2 N–H and O–H groups in total. The van der Waals surface area contributed by atoms with E-state index in [1.54, 1.807) is 7.11 Å². The predicted molar refractivity (Wildman–Crippen MR) is 87.6 cm³/mol. The smallest absolute Gasteiger partial charge is 0.308 e. The third kappa shape index (κ3) is 4.47. The second-order valence-electron chi connectivity index (χ2n) is 6.13. The molecule has 0 heterocycles. The van der Waals surface area contributed by atoms with Crippen LogP contribution in [0.5, 0.6) is 5.75 Å². The minimum absolute atomic E-state index is 0.0641. The van der Waals surface area contributed by atoms with E-state index in [2.05, 4.69) is 12.2 Å². The van der Waals surface area contributed by atoms with Crippen LogP contribution < -0.4 is 10.1 Å². The molecule has 1 aliphatic rings. The zero-order valence-electron chi connectivity index (χ0n) is 13.7. The molecule has 1 aromatic carbocycles. The van der Waals surface area contributed by atoms with Crippen LogP contribution in [0.1, 0.15) is 50.5 Å². The van der Waals surface area contributed by atoms with Gasteiger partial charge in [-0.2, -0.15) is 0 Å². The Morgan fingerprint density at radius 1 is 1.30 bits per heavy atom. The molecule has 5 heteroatoms. The highest BCUT2D eigenvalue weighted by atomic mass is 16.5. The van der Waals surface area contributed by atoms with Crippen LogP contribution in [0.3, 0.4) is 0 Å². The van der Waals surface area contributed by atoms with Crippen molar-refractivity contribution in [3.8, 4) is 5.75 Å². The van der Waals surface area contributed by atoms with Crippen molar-refractivity contribution in [3.05, 3.63) is 29.8 Å². The molecule has 1 saturated carbocycles. The fourth-order valence-corrected chi connectivity index (χ4v) is 3.29. The minimum atomic E-state index is -0.810. The molecule has 1 fully saturated rings. The first-order chi connectivity index (χ1) is 11.0. The van der Waals surface area contributed by atoms with E-state index < -0.39 is 11.9 Å². The lowest BCUT2D eigenvalue weighted by molar-refractivity contribution is -0.142. The molecule has 1 aliphatic carbocycles. The Morgan fingerprint density at radius 2 is 2.00 bits per heavy atom. The molecule has 1 unspecified atom stereocenters. The molecular weight excluding hydrogens is 294 g/mol. The Balaban J connectivity index is 1.95. The molecule has 0 aromatic heterocycles. The van der Waals surface area contributed by atoms with Crippen molar-refractivity contribution in [3.63, 3.8) is 0 Å². The topological polar surface area (TPSA) is 75.6 Å². The van der Waals surface area contributed by atoms with Gasteiger partial charge in [-0.1, -0.05) is 25.5 Å². The Labute approximate surface area is 137 Å². The highest BCUT2D eigenvalue weighted by Crippen LogP contribution is 2.28. The van der Waals surface area contributed by atoms with Gasteiger partial charge in [0, 0.05) is 12.5 Å². The van der Waals surface area contributed by atoms with Gasteiger partial charge in [-0.15, -0.1) is 0 Å². The zero-order valence-corrected chi connectivity index (χ0v) is 13.7. The van der Waals surface area contributed by atoms with Crippen LogP contribution in [0.4, 0.5) is 0 Å². The number of carbonyl (C=O) groups is 2. The molecule has 126 valence electrons. The average molecular weight is 319 g/mol. The molecule has 5 nitrogen and oxygen atoms in total. The van der Waals surface area contributed by atoms with E-state index in [0.29, 0.717) is 12.8 Å². The first-order valence-electron chi connectivity index (χ1n) is 8.21. The van der Waals surface area contributed by atoms with Gasteiger partial charge in [-0.3, -0.25) is 9.59 Å². The maximum absolute atomic E-state index is 12.3. The zero-order chi connectivity index (χ0) is 16.8. The molecule has 0 spiro atoms.